The number of rotatable bonds is 35. The van der Waals surface area contributed by atoms with Crippen molar-refractivity contribution in [2.24, 2.45) is 11.8 Å². The lowest BCUT2D eigenvalue weighted by Crippen LogP contribution is -2.33. The molecule has 0 aromatic carbocycles. The molecule has 0 aliphatic carbocycles. The maximum atomic E-state index is 12.9. The van der Waals surface area contributed by atoms with E-state index in [4.69, 9.17) is 9.47 Å². The Morgan fingerprint density at radius 2 is 0.891 bits per heavy atom. The molecule has 0 saturated heterocycles. The number of esters is 2. The van der Waals surface area contributed by atoms with Gasteiger partial charge in [0.1, 0.15) is 0 Å². The highest BCUT2D eigenvalue weighted by Gasteiger charge is 2.19. The molecule has 0 radical (unpaired) electrons. The highest BCUT2D eigenvalue weighted by molar-refractivity contribution is 5.72. The summed E-state index contributed by atoms with van der Waals surface area (Å²) >= 11 is 0. The van der Waals surface area contributed by atoms with Crippen LogP contribution < -0.4 is 0 Å². The topological polar surface area (TPSA) is 59.1 Å². The zero-order valence-electron chi connectivity index (χ0n) is 31.9. The number of ether oxygens (including phenoxy) is 2. The molecule has 0 rings (SSSR count). The molecule has 46 heavy (non-hydrogen) atoms. The van der Waals surface area contributed by atoms with Crippen LogP contribution in [0.5, 0.6) is 0 Å². The highest BCUT2D eigenvalue weighted by Crippen LogP contribution is 2.21. The summed E-state index contributed by atoms with van der Waals surface area (Å²) in [5.41, 5.74) is 0. The molecule has 0 N–H and O–H groups in total. The van der Waals surface area contributed by atoms with Gasteiger partial charge in [0.05, 0.1) is 25.0 Å². The van der Waals surface area contributed by atoms with Crippen molar-refractivity contribution >= 4 is 11.9 Å². The summed E-state index contributed by atoms with van der Waals surface area (Å²) in [4.78, 5) is 29.9. The van der Waals surface area contributed by atoms with E-state index >= 15 is 0 Å². The third-order valence-corrected chi connectivity index (χ3v) is 9.38. The summed E-state index contributed by atoms with van der Waals surface area (Å²) < 4.78 is 11.3. The summed E-state index contributed by atoms with van der Waals surface area (Å²) in [6.45, 7) is 14.3. The third-order valence-electron chi connectivity index (χ3n) is 9.38. The summed E-state index contributed by atoms with van der Waals surface area (Å²) in [5.74, 6) is 0.181. The van der Waals surface area contributed by atoms with E-state index in [0.717, 1.165) is 90.4 Å². The number of unbranched alkanes of at least 4 members (excludes halogenated alkanes) is 16. The first-order valence-corrected chi connectivity index (χ1v) is 20.1. The predicted octanol–water partition coefficient (Wildman–Crippen LogP) is 10.6. The molecule has 0 heterocycles. The van der Waals surface area contributed by atoms with Gasteiger partial charge in [-0.3, -0.25) is 9.59 Å². The van der Waals surface area contributed by atoms with Crippen LogP contribution in [0.25, 0.3) is 0 Å². The average Bonchev–Trinajstić information content (AvgIpc) is 3.04. The van der Waals surface area contributed by atoms with Crippen LogP contribution in [0.3, 0.4) is 0 Å². The molecule has 0 spiro atoms. The maximum absolute atomic E-state index is 12.9. The molecule has 0 aromatic heterocycles. The number of hydrogen-bond acceptors (Lipinski definition) is 6. The van der Waals surface area contributed by atoms with E-state index in [2.05, 4.69) is 44.7 Å². The molecule has 0 bridgehead atoms. The van der Waals surface area contributed by atoms with Crippen molar-refractivity contribution in [3.05, 3.63) is 0 Å². The highest BCUT2D eigenvalue weighted by atomic mass is 16.5. The fourth-order valence-electron chi connectivity index (χ4n) is 6.05. The first kappa shape index (κ1) is 44.9. The quantitative estimate of drug-likeness (QED) is 0.0501. The van der Waals surface area contributed by atoms with Gasteiger partial charge < -0.3 is 19.3 Å². The fraction of sp³-hybridized carbons (Fsp3) is 0.950. The Hall–Kier alpha value is -1.14. The largest absolute Gasteiger partial charge is 0.465 e. The van der Waals surface area contributed by atoms with Crippen LogP contribution in [0.1, 0.15) is 182 Å². The van der Waals surface area contributed by atoms with Crippen molar-refractivity contribution < 1.29 is 19.1 Å². The molecular weight excluding hydrogens is 572 g/mol. The molecule has 0 aromatic rings. The van der Waals surface area contributed by atoms with Crippen LogP contribution in [0.4, 0.5) is 0 Å². The van der Waals surface area contributed by atoms with Crippen LogP contribution in [-0.4, -0.2) is 75.2 Å². The van der Waals surface area contributed by atoms with Gasteiger partial charge in [-0.2, -0.15) is 0 Å². The summed E-state index contributed by atoms with van der Waals surface area (Å²) in [6.07, 6.45) is 28.0. The molecule has 0 aliphatic rings. The fourth-order valence-corrected chi connectivity index (χ4v) is 6.05. The Labute approximate surface area is 287 Å². The average molecular weight is 653 g/mol. The van der Waals surface area contributed by atoms with E-state index in [1.807, 2.05) is 6.92 Å². The Kier molecular flexibility index (Phi) is 32.9. The van der Waals surface area contributed by atoms with Crippen LogP contribution in [0.15, 0.2) is 0 Å². The first-order valence-electron chi connectivity index (χ1n) is 20.1. The zero-order chi connectivity index (χ0) is 34.1. The second-order valence-corrected chi connectivity index (χ2v) is 14.3. The van der Waals surface area contributed by atoms with Gasteiger partial charge in [0, 0.05) is 13.1 Å². The van der Waals surface area contributed by atoms with Crippen LogP contribution in [0.2, 0.25) is 0 Å². The van der Waals surface area contributed by atoms with Gasteiger partial charge in [0.15, 0.2) is 0 Å². The molecule has 0 aliphatic heterocycles. The van der Waals surface area contributed by atoms with Gasteiger partial charge in [0.2, 0.25) is 0 Å². The van der Waals surface area contributed by atoms with Crippen molar-refractivity contribution in [3.63, 3.8) is 0 Å². The Morgan fingerprint density at radius 3 is 1.43 bits per heavy atom. The molecular formula is C40H80N2O4. The lowest BCUT2D eigenvalue weighted by molar-refractivity contribution is -0.149. The van der Waals surface area contributed by atoms with Crippen molar-refractivity contribution in [1.29, 1.82) is 0 Å². The molecule has 274 valence electrons. The molecule has 2 unspecified atom stereocenters. The summed E-state index contributed by atoms with van der Waals surface area (Å²) in [5, 5.41) is 0. The van der Waals surface area contributed by atoms with E-state index < -0.39 is 0 Å². The van der Waals surface area contributed by atoms with E-state index in [1.54, 1.807) is 0 Å². The number of nitrogens with zero attached hydrogens (tertiary/aromatic N) is 2. The zero-order valence-corrected chi connectivity index (χ0v) is 31.9. The lowest BCUT2D eigenvalue weighted by Gasteiger charge is -2.24. The Balaban J connectivity index is 4.19. The lowest BCUT2D eigenvalue weighted by atomic mass is 9.94. The third kappa shape index (κ3) is 29.0. The summed E-state index contributed by atoms with van der Waals surface area (Å²) in [6, 6.07) is 0. The van der Waals surface area contributed by atoms with Crippen molar-refractivity contribution in [2.75, 3.05) is 53.5 Å². The number of likely N-dealkylation sites (N-methyl/N-ethyl adjacent to an activating group) is 1. The minimum Gasteiger partial charge on any atom is -0.465 e. The first-order chi connectivity index (χ1) is 22.3. The molecule has 2 atom stereocenters. The Bertz CT molecular complexity index is 672. The smallest absolute Gasteiger partial charge is 0.308 e. The minimum atomic E-state index is -0.0189. The van der Waals surface area contributed by atoms with Crippen molar-refractivity contribution in [1.82, 2.24) is 9.80 Å². The molecule has 6 heteroatoms. The van der Waals surface area contributed by atoms with Gasteiger partial charge in [-0.1, -0.05) is 137 Å². The van der Waals surface area contributed by atoms with Crippen LogP contribution in [-0.2, 0) is 19.1 Å². The molecule has 0 fully saturated rings. The van der Waals surface area contributed by atoms with E-state index in [9.17, 15) is 9.59 Å². The Morgan fingerprint density at radius 1 is 0.478 bits per heavy atom. The second kappa shape index (κ2) is 33.7. The molecule has 0 amide bonds. The number of carbonyl (C=O) groups is 2. The predicted molar refractivity (Wildman–Crippen MR) is 197 cm³/mol. The van der Waals surface area contributed by atoms with Gasteiger partial charge >= 0.3 is 11.9 Å². The standard InChI is InChI=1S/C40H80N2O4/c1-7-10-13-15-16-23-30-38(29-22-14-11-8-2)40(44)46-36-27-20-18-25-32-42(34-33-41(5)6)31-24-17-19-26-35-45-39(43)37(4)28-21-12-9-3/h37-38H,7-36H2,1-6H3. The van der Waals surface area contributed by atoms with Crippen LogP contribution in [0, 0.1) is 11.8 Å². The maximum Gasteiger partial charge on any atom is 0.308 e. The van der Waals surface area contributed by atoms with Crippen LogP contribution >= 0.6 is 0 Å². The van der Waals surface area contributed by atoms with Crippen molar-refractivity contribution in [2.45, 2.75) is 182 Å². The molecule has 6 nitrogen and oxygen atoms in total. The minimum absolute atomic E-state index is 0.0189. The SMILES string of the molecule is CCCCCCCCC(CCCCCC)C(=O)OCCCCCCN(CCCCCCOC(=O)C(C)CCCCC)CCN(C)C. The number of carbonyl (C=O) groups excluding carboxylic acids is 2. The van der Waals surface area contributed by atoms with E-state index in [-0.39, 0.29) is 23.8 Å². The van der Waals surface area contributed by atoms with E-state index in [1.165, 1.54) is 89.9 Å². The molecule has 0 saturated carbocycles. The van der Waals surface area contributed by atoms with Gasteiger partial charge in [-0.15, -0.1) is 0 Å². The van der Waals surface area contributed by atoms with Gasteiger partial charge in [-0.25, -0.2) is 0 Å². The second-order valence-electron chi connectivity index (χ2n) is 14.3. The van der Waals surface area contributed by atoms with Crippen molar-refractivity contribution in [3.8, 4) is 0 Å². The normalized spacial score (nSPS) is 13.0. The number of hydrogen-bond donors (Lipinski definition) is 0. The van der Waals surface area contributed by atoms with E-state index in [0.29, 0.717) is 13.2 Å². The van der Waals surface area contributed by atoms with Gasteiger partial charge in [-0.05, 0) is 72.1 Å². The monoisotopic (exact) mass is 653 g/mol. The van der Waals surface area contributed by atoms with Gasteiger partial charge in [0.25, 0.3) is 0 Å². The summed E-state index contributed by atoms with van der Waals surface area (Å²) in [7, 11) is 4.30.